The van der Waals surface area contributed by atoms with Crippen LogP contribution in [-0.4, -0.2) is 52.4 Å². The first-order valence-electron chi connectivity index (χ1n) is 9.82. The first-order valence-corrected chi connectivity index (χ1v) is 9.82. The van der Waals surface area contributed by atoms with Crippen LogP contribution in [0.4, 0.5) is 4.79 Å². The van der Waals surface area contributed by atoms with Crippen LogP contribution in [0.1, 0.15) is 36.0 Å². The van der Waals surface area contributed by atoms with Crippen molar-refractivity contribution in [3.8, 4) is 11.8 Å². The molecule has 1 fully saturated rings. The zero-order valence-electron chi connectivity index (χ0n) is 16.7. The van der Waals surface area contributed by atoms with Crippen LogP contribution in [-0.2, 0) is 4.79 Å². The number of nitrogens with one attached hydrogen (secondary N) is 2. The molecular weight excluding hydrogens is 382 g/mol. The summed E-state index contributed by atoms with van der Waals surface area (Å²) in [5.74, 6) is 5.60. The van der Waals surface area contributed by atoms with Crippen LogP contribution in [0.5, 0.6) is 0 Å². The second-order valence-electron chi connectivity index (χ2n) is 7.31. The second-order valence-corrected chi connectivity index (χ2v) is 7.31. The van der Waals surface area contributed by atoms with Gasteiger partial charge in [-0.05, 0) is 43.2 Å². The van der Waals surface area contributed by atoms with E-state index in [2.05, 4.69) is 17.2 Å². The number of urea groups is 1. The van der Waals surface area contributed by atoms with E-state index in [0.717, 1.165) is 23.1 Å². The summed E-state index contributed by atoms with van der Waals surface area (Å²) in [5.41, 5.74) is 4.46. The molecule has 1 saturated heterocycles. The number of nitrogens with zero attached hydrogens (tertiary/aromatic N) is 1. The van der Waals surface area contributed by atoms with Gasteiger partial charge in [0, 0.05) is 30.1 Å². The van der Waals surface area contributed by atoms with Crippen LogP contribution in [0.25, 0.3) is 0 Å². The predicted octanol–water partition coefficient (Wildman–Crippen LogP) is 1.84. The Balaban J connectivity index is 1.59. The highest BCUT2D eigenvalue weighted by molar-refractivity contribution is 5.87. The standard InChI is InChI=1S/C23H25N3O4/c1-16(27)21(22(28)25-30)24-23(29)26-14-13-20(15-26)19-11-9-18(10-12-19)8-7-17-5-3-2-4-6-17/h2-6,9-12,16,20-21,27,30H,13-15H2,1H3,(H,24,29)(H,25,28)/t16-,20?,21-/m1/s1. The molecule has 0 saturated carbocycles. The van der Waals surface area contributed by atoms with E-state index in [4.69, 9.17) is 5.21 Å². The van der Waals surface area contributed by atoms with Gasteiger partial charge in [0.1, 0.15) is 6.04 Å². The Hall–Kier alpha value is -3.34. The van der Waals surface area contributed by atoms with Gasteiger partial charge in [-0.15, -0.1) is 0 Å². The van der Waals surface area contributed by atoms with Gasteiger partial charge < -0.3 is 15.3 Å². The molecule has 3 rings (SSSR count). The lowest BCUT2D eigenvalue weighted by molar-refractivity contribution is -0.133. The normalized spacial score (nSPS) is 17.4. The fourth-order valence-electron chi connectivity index (χ4n) is 3.42. The molecule has 0 bridgehead atoms. The molecule has 3 amide bonds. The number of aliphatic hydroxyl groups excluding tert-OH is 1. The summed E-state index contributed by atoms with van der Waals surface area (Å²) in [6.45, 7) is 2.42. The van der Waals surface area contributed by atoms with Crippen LogP contribution < -0.4 is 10.8 Å². The molecule has 30 heavy (non-hydrogen) atoms. The van der Waals surface area contributed by atoms with Crippen molar-refractivity contribution in [2.45, 2.75) is 31.4 Å². The van der Waals surface area contributed by atoms with E-state index in [1.54, 1.807) is 4.90 Å². The second kappa shape index (κ2) is 9.92. The maximum absolute atomic E-state index is 12.5. The van der Waals surface area contributed by atoms with Crippen molar-refractivity contribution in [3.63, 3.8) is 0 Å². The average Bonchev–Trinajstić information content (AvgIpc) is 3.26. The number of aliphatic hydroxyl groups is 1. The first-order chi connectivity index (χ1) is 14.5. The molecule has 7 nitrogen and oxygen atoms in total. The van der Waals surface area contributed by atoms with Crippen molar-refractivity contribution >= 4 is 11.9 Å². The summed E-state index contributed by atoms with van der Waals surface area (Å²) < 4.78 is 0. The van der Waals surface area contributed by atoms with Crippen LogP contribution in [0.2, 0.25) is 0 Å². The molecule has 4 N–H and O–H groups in total. The summed E-state index contributed by atoms with van der Waals surface area (Å²) >= 11 is 0. The first kappa shape index (κ1) is 21.4. The van der Waals surface area contributed by atoms with Gasteiger partial charge in [0.2, 0.25) is 0 Å². The van der Waals surface area contributed by atoms with E-state index in [0.29, 0.717) is 13.1 Å². The largest absolute Gasteiger partial charge is 0.391 e. The van der Waals surface area contributed by atoms with Gasteiger partial charge >= 0.3 is 6.03 Å². The molecule has 7 heteroatoms. The number of carbonyl (C=O) groups excluding carboxylic acids is 2. The summed E-state index contributed by atoms with van der Waals surface area (Å²) in [4.78, 5) is 25.7. The molecule has 1 aliphatic heterocycles. The maximum atomic E-state index is 12.5. The molecule has 1 heterocycles. The minimum atomic E-state index is -1.22. The number of rotatable bonds is 4. The Labute approximate surface area is 175 Å². The Morgan fingerprint density at radius 1 is 1.07 bits per heavy atom. The highest BCUT2D eigenvalue weighted by atomic mass is 16.5. The maximum Gasteiger partial charge on any atom is 0.318 e. The number of amides is 3. The molecule has 2 aromatic carbocycles. The minimum Gasteiger partial charge on any atom is -0.391 e. The average molecular weight is 407 g/mol. The molecule has 0 aromatic heterocycles. The topological polar surface area (TPSA) is 102 Å². The monoisotopic (exact) mass is 407 g/mol. The third-order valence-corrected chi connectivity index (χ3v) is 5.14. The third-order valence-electron chi connectivity index (χ3n) is 5.14. The van der Waals surface area contributed by atoms with Gasteiger partial charge in [-0.3, -0.25) is 10.0 Å². The van der Waals surface area contributed by atoms with Crippen molar-refractivity contribution in [2.24, 2.45) is 0 Å². The van der Waals surface area contributed by atoms with Gasteiger partial charge in [0.25, 0.3) is 5.91 Å². The molecule has 0 spiro atoms. The summed E-state index contributed by atoms with van der Waals surface area (Å²) in [6, 6.07) is 16.1. The molecule has 1 unspecified atom stereocenters. The molecule has 156 valence electrons. The summed E-state index contributed by atoms with van der Waals surface area (Å²) in [5, 5.41) is 20.9. The van der Waals surface area contributed by atoms with E-state index in [1.807, 2.05) is 54.6 Å². The van der Waals surface area contributed by atoms with E-state index in [-0.39, 0.29) is 5.92 Å². The van der Waals surface area contributed by atoms with Gasteiger partial charge in [0.15, 0.2) is 0 Å². The van der Waals surface area contributed by atoms with Gasteiger partial charge in [-0.2, -0.15) is 0 Å². The lowest BCUT2D eigenvalue weighted by Crippen LogP contribution is -2.54. The Kier molecular flexibility index (Phi) is 7.07. The molecule has 0 aliphatic carbocycles. The van der Waals surface area contributed by atoms with E-state index in [1.165, 1.54) is 12.4 Å². The van der Waals surface area contributed by atoms with Crippen molar-refractivity contribution < 1.29 is 19.9 Å². The number of hydrogen-bond donors (Lipinski definition) is 4. The summed E-state index contributed by atoms with van der Waals surface area (Å²) in [7, 11) is 0. The lowest BCUT2D eigenvalue weighted by atomic mass is 9.97. The Morgan fingerprint density at radius 2 is 1.70 bits per heavy atom. The Bertz CT molecular complexity index is 932. The van der Waals surface area contributed by atoms with Crippen molar-refractivity contribution in [1.82, 2.24) is 15.7 Å². The van der Waals surface area contributed by atoms with Crippen LogP contribution in [0.3, 0.4) is 0 Å². The predicted molar refractivity (Wildman–Crippen MR) is 112 cm³/mol. The quantitative estimate of drug-likeness (QED) is 0.353. The van der Waals surface area contributed by atoms with E-state index >= 15 is 0 Å². The Morgan fingerprint density at radius 3 is 2.30 bits per heavy atom. The molecule has 1 aliphatic rings. The number of hydrogen-bond acceptors (Lipinski definition) is 4. The highest BCUT2D eigenvalue weighted by Crippen LogP contribution is 2.27. The van der Waals surface area contributed by atoms with Crippen molar-refractivity contribution in [1.29, 1.82) is 0 Å². The van der Waals surface area contributed by atoms with Gasteiger partial charge in [-0.1, -0.05) is 42.2 Å². The van der Waals surface area contributed by atoms with E-state index in [9.17, 15) is 14.7 Å². The number of likely N-dealkylation sites (tertiary alicyclic amines) is 1. The summed E-state index contributed by atoms with van der Waals surface area (Å²) in [6.07, 6.45) is -0.336. The zero-order valence-corrected chi connectivity index (χ0v) is 16.7. The van der Waals surface area contributed by atoms with Crippen LogP contribution in [0, 0.1) is 11.8 Å². The SMILES string of the molecule is C[C@@H](O)[C@@H](NC(=O)N1CCC(c2ccc(C#Cc3ccccc3)cc2)C1)C(=O)NO. The molecule has 2 aromatic rings. The van der Waals surface area contributed by atoms with Gasteiger partial charge in [-0.25, -0.2) is 10.3 Å². The minimum absolute atomic E-state index is 0.184. The molecule has 0 radical (unpaired) electrons. The van der Waals surface area contributed by atoms with Gasteiger partial charge in [0.05, 0.1) is 6.10 Å². The zero-order chi connectivity index (χ0) is 21.5. The number of benzene rings is 2. The smallest absolute Gasteiger partial charge is 0.318 e. The fourth-order valence-corrected chi connectivity index (χ4v) is 3.42. The van der Waals surface area contributed by atoms with Crippen molar-refractivity contribution in [2.75, 3.05) is 13.1 Å². The molecule has 3 atom stereocenters. The van der Waals surface area contributed by atoms with E-state index < -0.39 is 24.1 Å². The highest BCUT2D eigenvalue weighted by Gasteiger charge is 2.31. The lowest BCUT2D eigenvalue weighted by Gasteiger charge is -2.23. The van der Waals surface area contributed by atoms with Crippen LogP contribution in [0.15, 0.2) is 54.6 Å². The number of hydroxylamine groups is 1. The molecular formula is C23H25N3O4. The third kappa shape index (κ3) is 5.38. The van der Waals surface area contributed by atoms with Crippen LogP contribution >= 0.6 is 0 Å². The number of carbonyl (C=O) groups is 2. The fraction of sp³-hybridized carbons (Fsp3) is 0.304. The van der Waals surface area contributed by atoms with Crippen molar-refractivity contribution in [3.05, 3.63) is 71.3 Å².